The minimum absolute atomic E-state index is 0.0531. The van der Waals surface area contributed by atoms with Crippen molar-refractivity contribution in [2.75, 3.05) is 30.8 Å². The molecule has 0 radical (unpaired) electrons. The lowest BCUT2D eigenvalue weighted by molar-refractivity contribution is -0.122. The number of aromatic nitrogens is 4. The van der Waals surface area contributed by atoms with Gasteiger partial charge in [0, 0.05) is 19.6 Å². The standard InChI is InChI=1S/C22H28N6OS/c1-3-17(16-9-5-4-6-10-16)21(29)23-11-14-28-20-18(15-24-28)19(25-22(26-20)30-2)27-12-7-8-13-27/h4-6,9-10,15,17H,3,7-8,11-14H2,1-2H3,(H,23,29)/t17-/m0/s1. The third kappa shape index (κ3) is 4.28. The zero-order chi connectivity index (χ0) is 20.9. The summed E-state index contributed by atoms with van der Waals surface area (Å²) in [6, 6.07) is 9.94. The first kappa shape index (κ1) is 20.7. The highest BCUT2D eigenvalue weighted by Crippen LogP contribution is 2.28. The lowest BCUT2D eigenvalue weighted by Gasteiger charge is -2.18. The van der Waals surface area contributed by atoms with Crippen LogP contribution in [0.5, 0.6) is 0 Å². The van der Waals surface area contributed by atoms with Gasteiger partial charge in [0.05, 0.1) is 24.0 Å². The average molecular weight is 425 g/mol. The third-order valence-electron chi connectivity index (χ3n) is 5.59. The molecule has 8 heteroatoms. The highest BCUT2D eigenvalue weighted by Gasteiger charge is 2.21. The molecule has 1 aliphatic heterocycles. The fraction of sp³-hybridized carbons (Fsp3) is 0.455. The van der Waals surface area contributed by atoms with Crippen LogP contribution in [-0.2, 0) is 11.3 Å². The maximum Gasteiger partial charge on any atom is 0.227 e. The lowest BCUT2D eigenvalue weighted by atomic mass is 9.96. The fourth-order valence-electron chi connectivity index (χ4n) is 4.01. The van der Waals surface area contributed by atoms with Gasteiger partial charge in [0.2, 0.25) is 5.91 Å². The van der Waals surface area contributed by atoms with E-state index < -0.39 is 0 Å². The van der Waals surface area contributed by atoms with Gasteiger partial charge in [0.1, 0.15) is 5.82 Å². The fourth-order valence-corrected chi connectivity index (χ4v) is 4.37. The van der Waals surface area contributed by atoms with Gasteiger partial charge in [-0.25, -0.2) is 14.6 Å². The summed E-state index contributed by atoms with van der Waals surface area (Å²) in [5, 5.41) is 9.36. The van der Waals surface area contributed by atoms with Crippen LogP contribution in [0.15, 0.2) is 41.7 Å². The van der Waals surface area contributed by atoms with Gasteiger partial charge in [-0.15, -0.1) is 0 Å². The van der Waals surface area contributed by atoms with E-state index in [2.05, 4.69) is 15.3 Å². The van der Waals surface area contributed by atoms with E-state index in [9.17, 15) is 4.79 Å². The molecule has 4 rings (SSSR count). The summed E-state index contributed by atoms with van der Waals surface area (Å²) in [7, 11) is 0. The molecule has 0 bridgehead atoms. The van der Waals surface area contributed by atoms with Gasteiger partial charge in [-0.2, -0.15) is 5.10 Å². The van der Waals surface area contributed by atoms with E-state index in [1.807, 2.05) is 54.4 Å². The van der Waals surface area contributed by atoms with Crippen LogP contribution < -0.4 is 10.2 Å². The van der Waals surface area contributed by atoms with Crippen LogP contribution in [0.4, 0.5) is 5.82 Å². The second kappa shape index (κ2) is 9.47. The molecule has 7 nitrogen and oxygen atoms in total. The Balaban J connectivity index is 1.48. The number of benzene rings is 1. The molecule has 3 heterocycles. The van der Waals surface area contributed by atoms with Crippen LogP contribution in [0, 0.1) is 0 Å². The maximum atomic E-state index is 12.7. The summed E-state index contributed by atoms with van der Waals surface area (Å²) in [6.07, 6.45) is 7.00. The van der Waals surface area contributed by atoms with Crippen molar-refractivity contribution < 1.29 is 4.79 Å². The second-order valence-electron chi connectivity index (χ2n) is 7.50. The Bertz CT molecular complexity index is 1000. The Morgan fingerprint density at radius 2 is 1.97 bits per heavy atom. The summed E-state index contributed by atoms with van der Waals surface area (Å²) < 4.78 is 1.88. The normalized spacial score (nSPS) is 14.9. The smallest absolute Gasteiger partial charge is 0.227 e. The molecular formula is C22H28N6OS. The van der Waals surface area contributed by atoms with Crippen molar-refractivity contribution in [2.24, 2.45) is 0 Å². The van der Waals surface area contributed by atoms with Gasteiger partial charge < -0.3 is 10.2 Å². The summed E-state index contributed by atoms with van der Waals surface area (Å²) in [5.74, 6) is 0.900. The van der Waals surface area contributed by atoms with Gasteiger partial charge in [0.15, 0.2) is 10.8 Å². The zero-order valence-electron chi connectivity index (χ0n) is 17.5. The highest BCUT2D eigenvalue weighted by molar-refractivity contribution is 7.98. The van der Waals surface area contributed by atoms with Crippen molar-refractivity contribution in [3.63, 3.8) is 0 Å². The minimum Gasteiger partial charge on any atom is -0.356 e. The molecule has 1 amide bonds. The molecule has 1 atom stereocenters. The van der Waals surface area contributed by atoms with E-state index in [-0.39, 0.29) is 11.8 Å². The molecule has 0 aliphatic carbocycles. The Morgan fingerprint density at radius 3 is 2.67 bits per heavy atom. The van der Waals surface area contributed by atoms with Crippen LogP contribution in [0.1, 0.15) is 37.7 Å². The first-order chi connectivity index (χ1) is 14.7. The Labute approximate surface area is 181 Å². The van der Waals surface area contributed by atoms with Gasteiger partial charge in [-0.3, -0.25) is 4.79 Å². The maximum absolute atomic E-state index is 12.7. The van der Waals surface area contributed by atoms with Crippen LogP contribution in [0.2, 0.25) is 0 Å². The van der Waals surface area contributed by atoms with Crippen molar-refractivity contribution in [2.45, 2.75) is 43.8 Å². The summed E-state index contributed by atoms with van der Waals surface area (Å²) in [6.45, 7) is 5.18. The molecule has 1 fully saturated rings. The van der Waals surface area contributed by atoms with Crippen LogP contribution >= 0.6 is 11.8 Å². The van der Waals surface area contributed by atoms with Crippen LogP contribution in [-0.4, -0.2) is 51.5 Å². The van der Waals surface area contributed by atoms with Crippen LogP contribution in [0.25, 0.3) is 11.0 Å². The molecule has 2 aromatic heterocycles. The third-order valence-corrected chi connectivity index (χ3v) is 6.14. The highest BCUT2D eigenvalue weighted by atomic mass is 32.2. The number of rotatable bonds is 8. The van der Waals surface area contributed by atoms with E-state index in [1.165, 1.54) is 12.8 Å². The number of nitrogens with zero attached hydrogens (tertiary/aromatic N) is 5. The SMILES string of the molecule is CC[C@H](C(=O)NCCn1ncc2c(N3CCCC3)nc(SC)nc21)c1ccccc1. The zero-order valence-corrected chi connectivity index (χ0v) is 18.4. The Hall–Kier alpha value is -2.61. The van der Waals surface area contributed by atoms with Crippen molar-refractivity contribution in [1.82, 2.24) is 25.1 Å². The molecule has 0 spiro atoms. The molecule has 158 valence electrons. The number of hydrogen-bond acceptors (Lipinski definition) is 6. The molecule has 3 aromatic rings. The Kier molecular flexibility index (Phi) is 6.52. The topological polar surface area (TPSA) is 75.9 Å². The van der Waals surface area contributed by atoms with E-state index in [4.69, 9.17) is 9.97 Å². The van der Waals surface area contributed by atoms with E-state index in [1.54, 1.807) is 11.8 Å². The van der Waals surface area contributed by atoms with Crippen molar-refractivity contribution in [3.8, 4) is 0 Å². The molecule has 0 saturated carbocycles. The monoisotopic (exact) mass is 424 g/mol. The molecule has 0 unspecified atom stereocenters. The van der Waals surface area contributed by atoms with E-state index in [0.29, 0.717) is 13.1 Å². The largest absolute Gasteiger partial charge is 0.356 e. The van der Waals surface area contributed by atoms with Gasteiger partial charge >= 0.3 is 0 Å². The number of fused-ring (bicyclic) bond motifs is 1. The van der Waals surface area contributed by atoms with Gasteiger partial charge in [0.25, 0.3) is 0 Å². The predicted octanol–water partition coefficient (Wildman–Crippen LogP) is 3.46. The first-order valence-electron chi connectivity index (χ1n) is 10.6. The predicted molar refractivity (Wildman–Crippen MR) is 121 cm³/mol. The molecule has 1 aliphatic rings. The van der Waals surface area contributed by atoms with Gasteiger partial charge in [-0.1, -0.05) is 49.0 Å². The number of amides is 1. The first-order valence-corrected chi connectivity index (χ1v) is 11.8. The van der Waals surface area contributed by atoms with E-state index >= 15 is 0 Å². The Morgan fingerprint density at radius 1 is 1.20 bits per heavy atom. The molecule has 30 heavy (non-hydrogen) atoms. The van der Waals surface area contributed by atoms with Crippen molar-refractivity contribution in [3.05, 3.63) is 42.1 Å². The molecule has 1 N–H and O–H groups in total. The summed E-state index contributed by atoms with van der Waals surface area (Å²) in [5.41, 5.74) is 1.88. The number of nitrogens with one attached hydrogen (secondary N) is 1. The lowest BCUT2D eigenvalue weighted by Crippen LogP contribution is -2.32. The number of carbonyl (C=O) groups excluding carboxylic acids is 1. The van der Waals surface area contributed by atoms with Gasteiger partial charge in [-0.05, 0) is 31.1 Å². The molecule has 1 aromatic carbocycles. The van der Waals surface area contributed by atoms with Crippen molar-refractivity contribution in [1.29, 1.82) is 0 Å². The van der Waals surface area contributed by atoms with Crippen molar-refractivity contribution >= 4 is 34.5 Å². The average Bonchev–Trinajstić information content (AvgIpc) is 3.45. The number of anilines is 1. The molecule has 1 saturated heterocycles. The number of carbonyl (C=O) groups is 1. The molecular weight excluding hydrogens is 396 g/mol. The second-order valence-corrected chi connectivity index (χ2v) is 8.27. The number of thioether (sulfide) groups is 1. The summed E-state index contributed by atoms with van der Waals surface area (Å²) in [4.78, 5) is 24.5. The van der Waals surface area contributed by atoms with Crippen LogP contribution in [0.3, 0.4) is 0 Å². The summed E-state index contributed by atoms with van der Waals surface area (Å²) >= 11 is 1.54. The van der Waals surface area contributed by atoms with E-state index in [0.717, 1.165) is 47.1 Å². The quantitative estimate of drug-likeness (QED) is 0.441. The number of hydrogen-bond donors (Lipinski definition) is 1. The minimum atomic E-state index is -0.132.